The SMILES string of the molecule is CSc1nccn1C.C[N+](=O)[O-]. The third-order valence-corrected chi connectivity index (χ3v) is 1.72. The first-order valence-electron chi connectivity index (χ1n) is 3.17. The van der Waals surface area contributed by atoms with E-state index in [-0.39, 0.29) is 0 Å². The van der Waals surface area contributed by atoms with Crippen LogP contribution in [0.25, 0.3) is 0 Å². The van der Waals surface area contributed by atoms with Gasteiger partial charge in [-0.15, -0.1) is 0 Å². The molecule has 0 saturated carbocycles. The Labute approximate surface area is 74.9 Å². The predicted molar refractivity (Wildman–Crippen MR) is 47.9 cm³/mol. The van der Waals surface area contributed by atoms with Crippen LogP contribution in [0, 0.1) is 10.1 Å². The summed E-state index contributed by atoms with van der Waals surface area (Å²) in [6.07, 6.45) is 5.75. The highest BCUT2D eigenvalue weighted by Crippen LogP contribution is 2.08. The molecule has 0 aliphatic rings. The summed E-state index contributed by atoms with van der Waals surface area (Å²) < 4.78 is 1.99. The molecule has 1 aromatic rings. The first-order valence-corrected chi connectivity index (χ1v) is 4.39. The maximum atomic E-state index is 8.81. The lowest BCUT2D eigenvalue weighted by Crippen LogP contribution is -1.85. The van der Waals surface area contributed by atoms with Crippen molar-refractivity contribution in [3.8, 4) is 0 Å². The van der Waals surface area contributed by atoms with Crippen molar-refractivity contribution in [2.75, 3.05) is 13.3 Å². The third-order valence-electron chi connectivity index (χ3n) is 0.960. The van der Waals surface area contributed by atoms with Crippen LogP contribution in [0.5, 0.6) is 0 Å². The highest BCUT2D eigenvalue weighted by atomic mass is 32.2. The quantitative estimate of drug-likeness (QED) is 0.376. The summed E-state index contributed by atoms with van der Waals surface area (Å²) in [7, 11) is 2.87. The van der Waals surface area contributed by atoms with E-state index in [1.54, 1.807) is 18.0 Å². The largest absolute Gasteiger partial charge is 0.329 e. The molecule has 0 aromatic carbocycles. The molecular weight excluding hydrogens is 178 g/mol. The van der Waals surface area contributed by atoms with Crippen LogP contribution in [0.2, 0.25) is 0 Å². The highest BCUT2D eigenvalue weighted by molar-refractivity contribution is 7.98. The number of rotatable bonds is 1. The molecule has 12 heavy (non-hydrogen) atoms. The summed E-state index contributed by atoms with van der Waals surface area (Å²) in [4.78, 5) is 12.4. The second-order valence-electron chi connectivity index (χ2n) is 1.96. The van der Waals surface area contributed by atoms with E-state index in [9.17, 15) is 0 Å². The number of nitro groups is 1. The summed E-state index contributed by atoms with van der Waals surface area (Å²) in [5, 5.41) is 9.87. The molecule has 0 atom stereocenters. The van der Waals surface area contributed by atoms with Crippen molar-refractivity contribution in [1.82, 2.24) is 9.55 Å². The van der Waals surface area contributed by atoms with E-state index >= 15 is 0 Å². The molecule has 6 heteroatoms. The molecule has 0 unspecified atom stereocenters. The maximum absolute atomic E-state index is 8.81. The van der Waals surface area contributed by atoms with Gasteiger partial charge < -0.3 is 4.57 Å². The van der Waals surface area contributed by atoms with Gasteiger partial charge in [0.15, 0.2) is 12.2 Å². The van der Waals surface area contributed by atoms with Gasteiger partial charge in [-0.1, -0.05) is 11.8 Å². The van der Waals surface area contributed by atoms with Gasteiger partial charge in [-0.3, -0.25) is 10.1 Å². The molecule has 0 spiro atoms. The van der Waals surface area contributed by atoms with Crippen molar-refractivity contribution >= 4 is 11.8 Å². The summed E-state index contributed by atoms with van der Waals surface area (Å²) in [5.41, 5.74) is 0. The lowest BCUT2D eigenvalue weighted by atomic mass is 10.9. The Balaban J connectivity index is 0.000000261. The second-order valence-corrected chi connectivity index (χ2v) is 2.74. The molecule has 0 bridgehead atoms. The minimum Gasteiger partial charge on any atom is -0.329 e. The Morgan fingerprint density at radius 1 is 1.75 bits per heavy atom. The molecule has 1 heterocycles. The number of hydrogen-bond donors (Lipinski definition) is 0. The molecule has 0 N–H and O–H groups in total. The minimum atomic E-state index is -0.500. The van der Waals surface area contributed by atoms with Crippen molar-refractivity contribution in [1.29, 1.82) is 0 Å². The van der Waals surface area contributed by atoms with E-state index in [0.717, 1.165) is 12.2 Å². The molecule has 0 radical (unpaired) electrons. The zero-order valence-electron chi connectivity index (χ0n) is 7.22. The Kier molecular flexibility index (Phi) is 5.11. The normalized spacial score (nSPS) is 8.58. The molecule has 68 valence electrons. The van der Waals surface area contributed by atoms with Gasteiger partial charge in [0.05, 0.1) is 0 Å². The number of aromatic nitrogens is 2. The lowest BCUT2D eigenvalue weighted by Gasteiger charge is -1.92. The van der Waals surface area contributed by atoms with Crippen LogP contribution in [0.15, 0.2) is 17.6 Å². The Morgan fingerprint density at radius 3 is 2.42 bits per heavy atom. The fourth-order valence-corrected chi connectivity index (χ4v) is 1.06. The zero-order valence-corrected chi connectivity index (χ0v) is 8.04. The average Bonchev–Trinajstić information content (AvgIpc) is 2.33. The highest BCUT2D eigenvalue weighted by Gasteiger charge is 1.91. The maximum Gasteiger partial charge on any atom is 0.194 e. The molecule has 0 aliphatic heterocycles. The number of nitrogens with zero attached hydrogens (tertiary/aromatic N) is 3. The number of thioether (sulfide) groups is 1. The Bertz CT molecular complexity index is 245. The summed E-state index contributed by atoms with van der Waals surface area (Å²) in [5.74, 6) is 0. The fourth-order valence-electron chi connectivity index (χ4n) is 0.549. The minimum absolute atomic E-state index is 0.500. The smallest absolute Gasteiger partial charge is 0.194 e. The van der Waals surface area contributed by atoms with Crippen LogP contribution >= 0.6 is 11.8 Å². The van der Waals surface area contributed by atoms with Crippen LogP contribution in [0.3, 0.4) is 0 Å². The van der Waals surface area contributed by atoms with Gasteiger partial charge in [0.1, 0.15) is 0 Å². The van der Waals surface area contributed by atoms with E-state index < -0.39 is 4.92 Å². The third kappa shape index (κ3) is 4.73. The molecule has 0 amide bonds. The Hall–Kier alpha value is -1.04. The predicted octanol–water partition coefficient (Wildman–Crippen LogP) is 1.03. The molecule has 0 fully saturated rings. The van der Waals surface area contributed by atoms with Gasteiger partial charge in [0.2, 0.25) is 0 Å². The number of hydrogen-bond acceptors (Lipinski definition) is 4. The summed E-state index contributed by atoms with van der Waals surface area (Å²) in [6.45, 7) is 0. The molecule has 1 aromatic heterocycles. The van der Waals surface area contributed by atoms with Crippen molar-refractivity contribution < 1.29 is 4.92 Å². The van der Waals surface area contributed by atoms with Gasteiger partial charge in [0, 0.05) is 24.4 Å². The van der Waals surface area contributed by atoms with Crippen molar-refractivity contribution in [2.45, 2.75) is 5.16 Å². The fraction of sp³-hybridized carbons (Fsp3) is 0.500. The summed E-state index contributed by atoms with van der Waals surface area (Å²) >= 11 is 1.65. The monoisotopic (exact) mass is 189 g/mol. The first kappa shape index (κ1) is 11.0. The Morgan fingerprint density at radius 2 is 2.25 bits per heavy atom. The molecule has 5 nitrogen and oxygen atoms in total. The molecule has 0 aliphatic carbocycles. The molecular formula is C6H11N3O2S. The number of imidazole rings is 1. The van der Waals surface area contributed by atoms with Crippen molar-refractivity contribution in [2.24, 2.45) is 7.05 Å². The number of aryl methyl sites for hydroxylation is 1. The van der Waals surface area contributed by atoms with Crippen LogP contribution in [-0.4, -0.2) is 27.8 Å². The summed E-state index contributed by atoms with van der Waals surface area (Å²) in [6, 6.07) is 0. The topological polar surface area (TPSA) is 61.0 Å². The van der Waals surface area contributed by atoms with Gasteiger partial charge >= 0.3 is 0 Å². The van der Waals surface area contributed by atoms with E-state index in [0.29, 0.717) is 0 Å². The van der Waals surface area contributed by atoms with Gasteiger partial charge in [0.25, 0.3) is 0 Å². The zero-order chi connectivity index (χ0) is 9.56. The van der Waals surface area contributed by atoms with Crippen LogP contribution < -0.4 is 0 Å². The van der Waals surface area contributed by atoms with E-state index in [2.05, 4.69) is 4.98 Å². The van der Waals surface area contributed by atoms with Crippen LogP contribution in [0.4, 0.5) is 0 Å². The average molecular weight is 189 g/mol. The first-order chi connectivity index (χ1) is 5.57. The van der Waals surface area contributed by atoms with Crippen LogP contribution in [0.1, 0.15) is 0 Å². The van der Waals surface area contributed by atoms with Crippen molar-refractivity contribution in [3.05, 3.63) is 22.5 Å². The van der Waals surface area contributed by atoms with Crippen LogP contribution in [-0.2, 0) is 7.05 Å². The van der Waals surface area contributed by atoms with Gasteiger partial charge in [-0.2, -0.15) is 0 Å². The van der Waals surface area contributed by atoms with Crippen molar-refractivity contribution in [3.63, 3.8) is 0 Å². The molecule has 0 saturated heterocycles. The van der Waals surface area contributed by atoms with E-state index in [1.165, 1.54) is 0 Å². The van der Waals surface area contributed by atoms with Gasteiger partial charge in [-0.25, -0.2) is 4.98 Å². The van der Waals surface area contributed by atoms with E-state index in [4.69, 9.17) is 10.1 Å². The standard InChI is InChI=1S/C5H8N2S.CH3NO2/c1-7-4-3-6-5(7)8-2;1-2(3)4/h3-4H,1-2H3;1H3. The molecule has 1 rings (SSSR count). The lowest BCUT2D eigenvalue weighted by molar-refractivity contribution is -0.445. The van der Waals surface area contributed by atoms with E-state index in [1.807, 2.05) is 24.1 Å². The van der Waals surface area contributed by atoms with Gasteiger partial charge in [-0.05, 0) is 6.26 Å². The second kappa shape index (κ2) is 5.59.